The van der Waals surface area contributed by atoms with Crippen molar-refractivity contribution in [1.29, 1.82) is 0 Å². The van der Waals surface area contributed by atoms with Crippen LogP contribution in [0.1, 0.15) is 316 Å². The predicted octanol–water partition coefficient (Wildman–Crippen LogP) is 21.9. The molecule has 0 radical (unpaired) electrons. The SMILES string of the molecule is CC/C=C\C/C=C\C/C=C\C/C=C\C/C=C\C/C=C\C/C=C\CCCCCCCCCCCCCCCCCCCCCC(=O)NC(COP(=O)([O-])OCC[N+](C)(C)C)C(O)/C=C/CCCCCCCCCCCCCCCCCCCC. The number of allylic oxidation sites excluding steroid dienone is 15. The Morgan fingerprint density at radius 1 is 0.434 bits per heavy atom. The van der Waals surface area contributed by atoms with Crippen molar-refractivity contribution in [3.63, 3.8) is 0 Å². The van der Waals surface area contributed by atoms with E-state index in [0.29, 0.717) is 17.4 Å². The molecule has 0 aromatic carbocycles. The Balaban J connectivity index is 3.99. The van der Waals surface area contributed by atoms with Gasteiger partial charge in [0.05, 0.1) is 39.9 Å². The Labute approximate surface area is 515 Å². The highest BCUT2D eigenvalue weighted by Gasteiger charge is 2.23. The van der Waals surface area contributed by atoms with Gasteiger partial charge in [0.1, 0.15) is 13.2 Å². The van der Waals surface area contributed by atoms with Crippen LogP contribution in [0.3, 0.4) is 0 Å². The number of unbranched alkanes of at least 4 members (excludes halogenated alkanes) is 37. The van der Waals surface area contributed by atoms with Crippen molar-refractivity contribution in [2.45, 2.75) is 328 Å². The monoisotopic (exact) mass is 1180 g/mol. The second kappa shape index (κ2) is 63.9. The fourth-order valence-electron chi connectivity index (χ4n) is 10.1. The zero-order chi connectivity index (χ0) is 60.5. The molecular weight excluding hydrogens is 1040 g/mol. The van der Waals surface area contributed by atoms with E-state index in [1.165, 1.54) is 212 Å². The van der Waals surface area contributed by atoms with Gasteiger partial charge in [-0.15, -0.1) is 0 Å². The van der Waals surface area contributed by atoms with Crippen LogP contribution in [0.15, 0.2) is 97.2 Å². The lowest BCUT2D eigenvalue weighted by atomic mass is 10.0. The van der Waals surface area contributed by atoms with Crippen LogP contribution < -0.4 is 10.2 Å². The number of likely N-dealkylation sites (N-methyl/N-ethyl adjacent to an activating group) is 1. The third kappa shape index (κ3) is 66.8. The third-order valence-corrected chi connectivity index (χ3v) is 16.5. The number of quaternary nitrogens is 1. The van der Waals surface area contributed by atoms with Crippen molar-refractivity contribution < 1.29 is 32.9 Å². The molecular formula is C74H135N2O6P. The molecule has 0 aromatic rings. The summed E-state index contributed by atoms with van der Waals surface area (Å²) in [5.74, 6) is -0.194. The lowest BCUT2D eigenvalue weighted by Crippen LogP contribution is -2.45. The molecule has 0 bridgehead atoms. The van der Waals surface area contributed by atoms with Crippen molar-refractivity contribution in [3.8, 4) is 0 Å². The fourth-order valence-corrected chi connectivity index (χ4v) is 10.9. The summed E-state index contributed by atoms with van der Waals surface area (Å²) < 4.78 is 23.4. The number of carbonyl (C=O) groups is 1. The van der Waals surface area contributed by atoms with Crippen LogP contribution in [-0.4, -0.2) is 68.5 Å². The number of carbonyl (C=O) groups excluding carboxylic acids is 1. The van der Waals surface area contributed by atoms with E-state index in [1.807, 2.05) is 27.2 Å². The highest BCUT2D eigenvalue weighted by Crippen LogP contribution is 2.38. The van der Waals surface area contributed by atoms with E-state index >= 15 is 0 Å². The Bertz CT molecular complexity index is 1670. The number of nitrogens with zero attached hydrogens (tertiary/aromatic N) is 1. The van der Waals surface area contributed by atoms with Crippen LogP contribution in [0.4, 0.5) is 0 Å². The molecule has 3 atom stereocenters. The maximum absolute atomic E-state index is 13.0. The van der Waals surface area contributed by atoms with E-state index < -0.39 is 20.0 Å². The minimum atomic E-state index is -4.60. The van der Waals surface area contributed by atoms with Crippen LogP contribution >= 0.6 is 7.82 Å². The standard InChI is InChI=1S/C74H135N2O6P/c1-6-8-10-12-14-16-18-20-22-24-26-28-29-30-31-32-33-34-35-36-37-38-39-40-41-42-43-44-45-46-47-48-50-52-54-56-58-60-62-64-66-68-74(78)75-72(71-82-83(79,80)81-70-69-76(3,4)5)73(77)67-65-63-61-59-57-55-53-51-49-27-25-23-21-19-17-15-13-11-9-7-2/h8,10,14,16,20,22,26,28,30-31,33-34,36-37,65,67,72-73,77H,6-7,9,11-13,15,17-19,21,23-25,27,29,32,35,38-64,66,68-71H2,1-5H3,(H-,75,78,79,80)/b10-8-,16-14-,22-20-,28-26-,31-30-,34-33-,37-36-,67-65+. The molecule has 0 saturated heterocycles. The minimum Gasteiger partial charge on any atom is -0.756 e. The molecule has 0 aliphatic heterocycles. The van der Waals surface area contributed by atoms with Gasteiger partial charge in [-0.05, 0) is 77.0 Å². The number of nitrogens with one attached hydrogen (secondary N) is 1. The van der Waals surface area contributed by atoms with E-state index in [-0.39, 0.29) is 19.1 Å². The van der Waals surface area contributed by atoms with Crippen LogP contribution in [0.25, 0.3) is 0 Å². The van der Waals surface area contributed by atoms with Crippen molar-refractivity contribution in [2.75, 3.05) is 40.9 Å². The molecule has 1 amide bonds. The summed E-state index contributed by atoms with van der Waals surface area (Å²) in [4.78, 5) is 25.6. The summed E-state index contributed by atoms with van der Waals surface area (Å²) in [5.41, 5.74) is 0. The lowest BCUT2D eigenvalue weighted by Gasteiger charge is -2.29. The van der Waals surface area contributed by atoms with Gasteiger partial charge in [-0.25, -0.2) is 0 Å². The molecule has 482 valence electrons. The average molecular weight is 1180 g/mol. The Kier molecular flexibility index (Phi) is 61.9. The predicted molar refractivity (Wildman–Crippen MR) is 362 cm³/mol. The van der Waals surface area contributed by atoms with Crippen molar-refractivity contribution in [3.05, 3.63) is 97.2 Å². The topological polar surface area (TPSA) is 108 Å². The van der Waals surface area contributed by atoms with E-state index in [0.717, 1.165) is 83.5 Å². The smallest absolute Gasteiger partial charge is 0.268 e. The summed E-state index contributed by atoms with van der Waals surface area (Å²) in [7, 11) is 1.27. The quantitative estimate of drug-likeness (QED) is 0.0272. The fraction of sp³-hybridized carbons (Fsp3) is 0.770. The van der Waals surface area contributed by atoms with Gasteiger partial charge < -0.3 is 28.8 Å². The second-order valence-corrected chi connectivity index (χ2v) is 26.3. The highest BCUT2D eigenvalue weighted by molar-refractivity contribution is 7.45. The lowest BCUT2D eigenvalue weighted by molar-refractivity contribution is -0.870. The van der Waals surface area contributed by atoms with E-state index in [1.54, 1.807) is 6.08 Å². The molecule has 0 aliphatic rings. The molecule has 0 heterocycles. The molecule has 0 rings (SSSR count). The van der Waals surface area contributed by atoms with E-state index in [2.05, 4.69) is 104 Å². The molecule has 2 N–H and O–H groups in total. The molecule has 0 aliphatic carbocycles. The van der Waals surface area contributed by atoms with Gasteiger partial charge in [-0.1, -0.05) is 329 Å². The number of hydrogen-bond donors (Lipinski definition) is 2. The number of phosphoric acid groups is 1. The van der Waals surface area contributed by atoms with Gasteiger partial charge in [0, 0.05) is 6.42 Å². The molecule has 0 fully saturated rings. The highest BCUT2D eigenvalue weighted by atomic mass is 31.2. The van der Waals surface area contributed by atoms with Crippen molar-refractivity contribution in [1.82, 2.24) is 5.32 Å². The summed E-state index contributed by atoms with van der Waals surface area (Å²) >= 11 is 0. The Hall–Kier alpha value is -2.58. The van der Waals surface area contributed by atoms with Gasteiger partial charge >= 0.3 is 0 Å². The first-order chi connectivity index (χ1) is 40.5. The molecule has 8 nitrogen and oxygen atoms in total. The van der Waals surface area contributed by atoms with Crippen LogP contribution in [-0.2, 0) is 18.4 Å². The number of hydrogen-bond acceptors (Lipinski definition) is 6. The summed E-state index contributed by atoms with van der Waals surface area (Å²) in [6.45, 7) is 4.57. The molecule has 0 aromatic heterocycles. The Morgan fingerprint density at radius 3 is 1.07 bits per heavy atom. The summed E-state index contributed by atoms with van der Waals surface area (Å²) in [6.07, 6.45) is 92.4. The normalized spacial score (nSPS) is 14.3. The number of rotatable bonds is 64. The molecule has 0 spiro atoms. The number of phosphoric ester groups is 1. The van der Waals surface area contributed by atoms with E-state index in [4.69, 9.17) is 9.05 Å². The van der Waals surface area contributed by atoms with Gasteiger partial charge in [0.2, 0.25) is 5.91 Å². The van der Waals surface area contributed by atoms with Gasteiger partial charge in [-0.2, -0.15) is 0 Å². The van der Waals surface area contributed by atoms with Gasteiger partial charge in [0.25, 0.3) is 7.82 Å². The van der Waals surface area contributed by atoms with E-state index in [9.17, 15) is 19.4 Å². The van der Waals surface area contributed by atoms with Crippen molar-refractivity contribution in [2.24, 2.45) is 0 Å². The first kappa shape index (κ1) is 80.4. The maximum Gasteiger partial charge on any atom is 0.268 e. The number of amides is 1. The average Bonchev–Trinajstić information content (AvgIpc) is 3.49. The van der Waals surface area contributed by atoms with Gasteiger partial charge in [-0.3, -0.25) is 9.36 Å². The maximum atomic E-state index is 13.0. The summed E-state index contributed by atoms with van der Waals surface area (Å²) in [5, 5.41) is 13.9. The molecule has 9 heteroatoms. The molecule has 3 unspecified atom stereocenters. The Morgan fingerprint density at radius 2 is 0.735 bits per heavy atom. The van der Waals surface area contributed by atoms with Gasteiger partial charge in [0.15, 0.2) is 0 Å². The van der Waals surface area contributed by atoms with Crippen LogP contribution in [0.5, 0.6) is 0 Å². The zero-order valence-corrected chi connectivity index (χ0v) is 56.0. The number of aliphatic hydroxyl groups excluding tert-OH is 1. The third-order valence-electron chi connectivity index (χ3n) is 15.5. The number of aliphatic hydroxyl groups is 1. The minimum absolute atomic E-state index is 0.00188. The van der Waals surface area contributed by atoms with Crippen LogP contribution in [0, 0.1) is 0 Å². The summed E-state index contributed by atoms with van der Waals surface area (Å²) in [6, 6.07) is -0.890. The zero-order valence-electron chi connectivity index (χ0n) is 55.1. The van der Waals surface area contributed by atoms with Crippen molar-refractivity contribution >= 4 is 13.7 Å². The molecule has 83 heavy (non-hydrogen) atoms. The molecule has 0 saturated carbocycles. The largest absolute Gasteiger partial charge is 0.756 e. The second-order valence-electron chi connectivity index (χ2n) is 24.9. The first-order valence-electron chi connectivity index (χ1n) is 35.1. The van der Waals surface area contributed by atoms with Crippen LogP contribution in [0.2, 0.25) is 0 Å². The first-order valence-corrected chi connectivity index (χ1v) is 36.6.